The Morgan fingerprint density at radius 2 is 2.00 bits per heavy atom. The van der Waals surface area contributed by atoms with Gasteiger partial charge in [-0.3, -0.25) is 10.1 Å². The van der Waals surface area contributed by atoms with Crippen LogP contribution in [0.25, 0.3) is 0 Å². The third-order valence-corrected chi connectivity index (χ3v) is 5.03. The molecule has 1 N–H and O–H groups in total. The van der Waals surface area contributed by atoms with Gasteiger partial charge in [0.05, 0.1) is 22.0 Å². The van der Waals surface area contributed by atoms with Crippen LogP contribution >= 0.6 is 0 Å². The third-order valence-electron chi connectivity index (χ3n) is 3.32. The number of nitro benzene ring substituents is 1. The molecule has 0 amide bonds. The highest BCUT2D eigenvalue weighted by atomic mass is 32.2. The van der Waals surface area contributed by atoms with Crippen LogP contribution in [0.1, 0.15) is 16.8 Å². The summed E-state index contributed by atoms with van der Waals surface area (Å²) < 4.78 is 23.2. The largest absolute Gasteiger partial charge is 0.478 e. The van der Waals surface area contributed by atoms with Gasteiger partial charge in [0.25, 0.3) is 5.69 Å². The highest BCUT2D eigenvalue weighted by molar-refractivity contribution is 7.91. The average Bonchev–Trinajstić information content (AvgIpc) is 2.58. The zero-order valence-electron chi connectivity index (χ0n) is 11.1. The number of carbonyl (C=O) groups is 1. The van der Waals surface area contributed by atoms with Gasteiger partial charge in [-0.25, -0.2) is 13.2 Å². The number of benzene rings is 1. The molecule has 0 atom stereocenters. The summed E-state index contributed by atoms with van der Waals surface area (Å²) in [5.74, 6) is -1.24. The second kappa shape index (κ2) is 5.68. The van der Waals surface area contributed by atoms with Gasteiger partial charge in [0, 0.05) is 19.2 Å². The summed E-state index contributed by atoms with van der Waals surface area (Å²) in [5, 5.41) is 20.1. The Kier molecular flexibility index (Phi) is 4.12. The summed E-state index contributed by atoms with van der Waals surface area (Å²) in [7, 11) is -3.15. The molecule has 0 spiro atoms. The standard InChI is InChI=1S/C12H14N2O6S/c15-12(16)9-2-3-10(14(17)18)11(8-9)13-4-1-6-21(19,20)7-5-13/h2-3,8H,1,4-7H2,(H,15,16). The van der Waals surface area contributed by atoms with Crippen LogP contribution in [-0.4, -0.2) is 49.0 Å². The maximum absolute atomic E-state index is 11.6. The van der Waals surface area contributed by atoms with Crippen molar-refractivity contribution in [3.8, 4) is 0 Å². The number of hydrogen-bond donors (Lipinski definition) is 1. The summed E-state index contributed by atoms with van der Waals surface area (Å²) in [5.41, 5.74) is -0.140. The third kappa shape index (κ3) is 3.48. The first-order valence-electron chi connectivity index (χ1n) is 6.27. The predicted octanol–water partition coefficient (Wildman–Crippen LogP) is 0.918. The number of anilines is 1. The van der Waals surface area contributed by atoms with Crippen molar-refractivity contribution in [1.29, 1.82) is 0 Å². The van der Waals surface area contributed by atoms with E-state index in [1.54, 1.807) is 4.90 Å². The first kappa shape index (κ1) is 15.2. The number of hydrogen-bond acceptors (Lipinski definition) is 6. The van der Waals surface area contributed by atoms with Gasteiger partial charge < -0.3 is 10.0 Å². The second-order valence-electron chi connectivity index (χ2n) is 4.76. The molecule has 1 aromatic carbocycles. The Labute approximate surface area is 121 Å². The van der Waals surface area contributed by atoms with Crippen LogP contribution in [0.3, 0.4) is 0 Å². The van der Waals surface area contributed by atoms with E-state index in [-0.39, 0.29) is 35.0 Å². The van der Waals surface area contributed by atoms with Crippen molar-refractivity contribution in [3.05, 3.63) is 33.9 Å². The van der Waals surface area contributed by atoms with Crippen molar-refractivity contribution in [2.45, 2.75) is 6.42 Å². The van der Waals surface area contributed by atoms with Crippen molar-refractivity contribution < 1.29 is 23.2 Å². The Morgan fingerprint density at radius 3 is 2.62 bits per heavy atom. The van der Waals surface area contributed by atoms with Crippen molar-refractivity contribution in [2.75, 3.05) is 29.5 Å². The molecule has 0 aliphatic carbocycles. The number of aromatic carboxylic acids is 1. The van der Waals surface area contributed by atoms with Crippen molar-refractivity contribution in [1.82, 2.24) is 0 Å². The maximum Gasteiger partial charge on any atom is 0.335 e. The predicted molar refractivity (Wildman–Crippen MR) is 75.5 cm³/mol. The van der Waals surface area contributed by atoms with Crippen molar-refractivity contribution in [3.63, 3.8) is 0 Å². The average molecular weight is 314 g/mol. The topological polar surface area (TPSA) is 118 Å². The SMILES string of the molecule is O=C(O)c1ccc([N+](=O)[O-])c(N2CCCS(=O)(=O)CC2)c1. The molecule has 1 saturated heterocycles. The number of nitro groups is 1. The van der Waals surface area contributed by atoms with E-state index in [9.17, 15) is 23.3 Å². The summed E-state index contributed by atoms with van der Waals surface area (Å²) in [4.78, 5) is 23.0. The highest BCUT2D eigenvalue weighted by Gasteiger charge is 2.25. The van der Waals surface area contributed by atoms with Crippen LogP contribution in [0.4, 0.5) is 11.4 Å². The first-order chi connectivity index (χ1) is 9.80. The molecule has 0 bridgehead atoms. The molecule has 21 heavy (non-hydrogen) atoms. The van der Waals surface area contributed by atoms with E-state index in [4.69, 9.17) is 5.11 Å². The molecule has 1 aromatic rings. The van der Waals surface area contributed by atoms with Gasteiger partial charge in [-0.1, -0.05) is 0 Å². The molecule has 9 heteroatoms. The van der Waals surface area contributed by atoms with E-state index in [1.807, 2.05) is 0 Å². The normalized spacial score (nSPS) is 18.0. The summed E-state index contributed by atoms with van der Waals surface area (Å²) >= 11 is 0. The van der Waals surface area contributed by atoms with Crippen LogP contribution in [0.2, 0.25) is 0 Å². The zero-order valence-corrected chi connectivity index (χ0v) is 11.9. The summed E-state index contributed by atoms with van der Waals surface area (Å²) in [6.07, 6.45) is 0.358. The lowest BCUT2D eigenvalue weighted by Gasteiger charge is -2.22. The number of rotatable bonds is 3. The van der Waals surface area contributed by atoms with Gasteiger partial charge in [0.2, 0.25) is 0 Å². The smallest absolute Gasteiger partial charge is 0.335 e. The van der Waals surface area contributed by atoms with Crippen LogP contribution in [0.5, 0.6) is 0 Å². The van der Waals surface area contributed by atoms with Crippen LogP contribution < -0.4 is 4.90 Å². The minimum atomic E-state index is -3.15. The first-order valence-corrected chi connectivity index (χ1v) is 8.09. The molecule has 2 rings (SSSR count). The molecule has 1 aliphatic heterocycles. The highest BCUT2D eigenvalue weighted by Crippen LogP contribution is 2.30. The van der Waals surface area contributed by atoms with Gasteiger partial charge in [0.1, 0.15) is 5.69 Å². The number of carboxylic acids is 1. The fraction of sp³-hybridized carbons (Fsp3) is 0.417. The lowest BCUT2D eigenvalue weighted by atomic mass is 10.1. The van der Waals surface area contributed by atoms with Crippen molar-refractivity contribution >= 4 is 27.2 Å². The fourth-order valence-electron chi connectivity index (χ4n) is 2.24. The van der Waals surface area contributed by atoms with Gasteiger partial charge >= 0.3 is 5.97 Å². The fourth-order valence-corrected chi connectivity index (χ4v) is 3.52. The van der Waals surface area contributed by atoms with Crippen LogP contribution in [0.15, 0.2) is 18.2 Å². The lowest BCUT2D eigenvalue weighted by molar-refractivity contribution is -0.384. The van der Waals surface area contributed by atoms with Crippen LogP contribution in [-0.2, 0) is 9.84 Å². The monoisotopic (exact) mass is 314 g/mol. The second-order valence-corrected chi connectivity index (χ2v) is 7.06. The minimum absolute atomic E-state index is 0.0376. The van der Waals surface area contributed by atoms with Gasteiger partial charge in [-0.15, -0.1) is 0 Å². The van der Waals surface area contributed by atoms with Gasteiger partial charge in [0.15, 0.2) is 9.84 Å². The minimum Gasteiger partial charge on any atom is -0.478 e. The Hall–Kier alpha value is -2.16. The number of carboxylic acid groups (broad SMARTS) is 1. The molecule has 0 saturated carbocycles. The Bertz CT molecular complexity index is 685. The molecule has 114 valence electrons. The molecule has 8 nitrogen and oxygen atoms in total. The molecule has 0 unspecified atom stereocenters. The Balaban J connectivity index is 2.42. The molecular weight excluding hydrogens is 300 g/mol. The van der Waals surface area contributed by atoms with E-state index in [1.165, 1.54) is 12.1 Å². The van der Waals surface area contributed by atoms with E-state index in [2.05, 4.69) is 0 Å². The van der Waals surface area contributed by atoms with Crippen molar-refractivity contribution in [2.24, 2.45) is 0 Å². The quantitative estimate of drug-likeness (QED) is 0.651. The molecular formula is C12H14N2O6S. The molecule has 1 aliphatic rings. The number of nitrogens with zero attached hydrogens (tertiary/aromatic N) is 2. The molecule has 1 heterocycles. The van der Waals surface area contributed by atoms with Gasteiger partial charge in [-0.2, -0.15) is 0 Å². The zero-order chi connectivity index (χ0) is 15.6. The van der Waals surface area contributed by atoms with E-state index >= 15 is 0 Å². The van der Waals surface area contributed by atoms with E-state index < -0.39 is 20.7 Å². The van der Waals surface area contributed by atoms with Crippen LogP contribution in [0, 0.1) is 10.1 Å². The van der Waals surface area contributed by atoms with Gasteiger partial charge in [-0.05, 0) is 18.6 Å². The van der Waals surface area contributed by atoms with E-state index in [0.717, 1.165) is 6.07 Å². The molecule has 0 aromatic heterocycles. The summed E-state index contributed by atoms with van der Waals surface area (Å²) in [6.45, 7) is 0.454. The maximum atomic E-state index is 11.6. The Morgan fingerprint density at radius 1 is 1.29 bits per heavy atom. The molecule has 1 fully saturated rings. The number of sulfone groups is 1. The molecule has 0 radical (unpaired) electrons. The van der Waals surface area contributed by atoms with E-state index in [0.29, 0.717) is 13.0 Å². The lowest BCUT2D eigenvalue weighted by Crippen LogP contribution is -2.27. The summed E-state index contributed by atoms with van der Waals surface area (Å²) in [6, 6.07) is 3.52.